The molecule has 2 aromatic heterocycles. The van der Waals surface area contributed by atoms with Gasteiger partial charge in [0.05, 0.1) is 4.92 Å². The summed E-state index contributed by atoms with van der Waals surface area (Å²) in [5.41, 5.74) is -0.0296. The number of rotatable bonds is 6. The van der Waals surface area contributed by atoms with Crippen molar-refractivity contribution in [3.05, 3.63) is 40.7 Å². The normalized spacial score (nSPS) is 10.8. The molecule has 2 aromatic rings. The van der Waals surface area contributed by atoms with Gasteiger partial charge < -0.3 is 5.32 Å². The highest BCUT2D eigenvalue weighted by atomic mass is 16.6. The highest BCUT2D eigenvalue weighted by Gasteiger charge is 2.06. The van der Waals surface area contributed by atoms with E-state index in [9.17, 15) is 10.1 Å². The fraction of sp³-hybridized carbons (Fsp3) is 0.385. The first-order valence-corrected chi connectivity index (χ1v) is 6.45. The van der Waals surface area contributed by atoms with Gasteiger partial charge in [-0.25, -0.2) is 4.98 Å². The lowest BCUT2D eigenvalue weighted by Gasteiger charge is -2.04. The Morgan fingerprint density at radius 2 is 2.15 bits per heavy atom. The molecule has 1 N–H and O–H groups in total. The maximum absolute atomic E-state index is 10.5. The summed E-state index contributed by atoms with van der Waals surface area (Å²) in [5, 5.41) is 17.9. The van der Waals surface area contributed by atoms with E-state index in [2.05, 4.69) is 29.2 Å². The van der Waals surface area contributed by atoms with E-state index in [-0.39, 0.29) is 5.69 Å². The average molecular weight is 275 g/mol. The zero-order valence-electron chi connectivity index (χ0n) is 11.5. The lowest BCUT2D eigenvalue weighted by atomic mass is 10.1. The van der Waals surface area contributed by atoms with Crippen molar-refractivity contribution in [1.82, 2.24) is 14.8 Å². The standard InChI is InChI=1S/C13H17N5O2/c1-10(2)5-7-17-8-6-13(16-17)15-12-4-3-11(9-14-12)18(19)20/h3-4,6,8-10H,5,7H2,1-2H3,(H,14,15,16). The number of nitrogens with one attached hydrogen (secondary N) is 1. The molecule has 0 amide bonds. The van der Waals surface area contributed by atoms with Gasteiger partial charge in [0.1, 0.15) is 12.0 Å². The van der Waals surface area contributed by atoms with E-state index in [1.54, 1.807) is 6.07 Å². The van der Waals surface area contributed by atoms with E-state index in [4.69, 9.17) is 0 Å². The molecule has 0 bridgehead atoms. The number of anilines is 2. The first kappa shape index (κ1) is 14.0. The number of aryl methyl sites for hydroxylation is 1. The summed E-state index contributed by atoms with van der Waals surface area (Å²) in [7, 11) is 0. The van der Waals surface area contributed by atoms with E-state index >= 15 is 0 Å². The summed E-state index contributed by atoms with van der Waals surface area (Å²) in [6.07, 6.45) is 4.19. The molecule has 2 rings (SSSR count). The monoisotopic (exact) mass is 275 g/mol. The van der Waals surface area contributed by atoms with Crippen LogP contribution in [0.1, 0.15) is 20.3 Å². The number of hydrogen-bond donors (Lipinski definition) is 1. The second-order valence-corrected chi connectivity index (χ2v) is 4.93. The molecule has 0 aliphatic heterocycles. The van der Waals surface area contributed by atoms with Crippen molar-refractivity contribution in [2.75, 3.05) is 5.32 Å². The molecule has 20 heavy (non-hydrogen) atoms. The van der Waals surface area contributed by atoms with Crippen molar-refractivity contribution in [3.8, 4) is 0 Å². The molecule has 0 spiro atoms. The van der Waals surface area contributed by atoms with Crippen molar-refractivity contribution in [2.24, 2.45) is 5.92 Å². The molecule has 0 unspecified atom stereocenters. The third-order valence-electron chi connectivity index (χ3n) is 2.79. The van der Waals surface area contributed by atoms with E-state index in [0.717, 1.165) is 13.0 Å². The minimum Gasteiger partial charge on any atom is -0.323 e. The van der Waals surface area contributed by atoms with Crippen LogP contribution in [0.2, 0.25) is 0 Å². The van der Waals surface area contributed by atoms with Gasteiger partial charge in [-0.1, -0.05) is 13.8 Å². The maximum atomic E-state index is 10.5. The lowest BCUT2D eigenvalue weighted by Crippen LogP contribution is -2.03. The molecule has 0 aliphatic carbocycles. The average Bonchev–Trinajstić information content (AvgIpc) is 2.84. The summed E-state index contributed by atoms with van der Waals surface area (Å²) >= 11 is 0. The van der Waals surface area contributed by atoms with Crippen LogP contribution in [0.25, 0.3) is 0 Å². The second-order valence-electron chi connectivity index (χ2n) is 4.93. The molecular formula is C13H17N5O2. The second kappa shape index (κ2) is 6.14. The van der Waals surface area contributed by atoms with Crippen LogP contribution in [-0.4, -0.2) is 19.7 Å². The highest BCUT2D eigenvalue weighted by Crippen LogP contribution is 2.15. The maximum Gasteiger partial charge on any atom is 0.287 e. The Hall–Kier alpha value is -2.44. The van der Waals surface area contributed by atoms with Crippen LogP contribution >= 0.6 is 0 Å². The van der Waals surface area contributed by atoms with Crippen molar-refractivity contribution < 1.29 is 4.92 Å². The van der Waals surface area contributed by atoms with Gasteiger partial charge >= 0.3 is 0 Å². The molecule has 0 aromatic carbocycles. The van der Waals surface area contributed by atoms with Crippen LogP contribution in [0, 0.1) is 16.0 Å². The summed E-state index contributed by atoms with van der Waals surface area (Å²) in [6, 6.07) is 4.82. The first-order chi connectivity index (χ1) is 9.54. The molecule has 0 aliphatic rings. The number of pyridine rings is 1. The van der Waals surface area contributed by atoms with Crippen molar-refractivity contribution in [1.29, 1.82) is 0 Å². The molecule has 0 fully saturated rings. The minimum atomic E-state index is -0.475. The van der Waals surface area contributed by atoms with Crippen molar-refractivity contribution >= 4 is 17.3 Å². The zero-order chi connectivity index (χ0) is 14.5. The van der Waals surface area contributed by atoms with E-state index in [1.165, 1.54) is 12.3 Å². The Balaban J connectivity index is 1.97. The molecule has 0 atom stereocenters. The predicted molar refractivity (Wildman–Crippen MR) is 75.9 cm³/mol. The van der Waals surface area contributed by atoms with Crippen molar-refractivity contribution in [2.45, 2.75) is 26.8 Å². The van der Waals surface area contributed by atoms with E-state index in [0.29, 0.717) is 17.6 Å². The summed E-state index contributed by atoms with van der Waals surface area (Å²) in [4.78, 5) is 14.0. The van der Waals surface area contributed by atoms with Gasteiger partial charge in [-0.05, 0) is 18.4 Å². The minimum absolute atomic E-state index is 0.0296. The third kappa shape index (κ3) is 3.78. The van der Waals surface area contributed by atoms with Crippen LogP contribution in [-0.2, 0) is 6.54 Å². The summed E-state index contributed by atoms with van der Waals surface area (Å²) in [5.74, 6) is 1.84. The van der Waals surface area contributed by atoms with Crippen LogP contribution in [0.15, 0.2) is 30.6 Å². The lowest BCUT2D eigenvalue weighted by molar-refractivity contribution is -0.385. The topological polar surface area (TPSA) is 85.9 Å². The summed E-state index contributed by atoms with van der Waals surface area (Å²) < 4.78 is 1.87. The van der Waals surface area contributed by atoms with Crippen molar-refractivity contribution in [3.63, 3.8) is 0 Å². The number of nitrogens with zero attached hydrogens (tertiary/aromatic N) is 4. The van der Waals surface area contributed by atoms with Gasteiger partial charge in [0, 0.05) is 24.9 Å². The largest absolute Gasteiger partial charge is 0.323 e. The van der Waals surface area contributed by atoms with Gasteiger partial charge in [0.15, 0.2) is 5.82 Å². The Kier molecular flexibility index (Phi) is 4.29. The number of nitro groups is 1. The van der Waals surface area contributed by atoms with E-state index in [1.807, 2.05) is 16.9 Å². The SMILES string of the molecule is CC(C)CCn1ccc(Nc2ccc([N+](=O)[O-])cn2)n1. The van der Waals surface area contributed by atoms with Gasteiger partial charge in [-0.15, -0.1) is 0 Å². The fourth-order valence-corrected chi connectivity index (χ4v) is 1.64. The van der Waals surface area contributed by atoms with Crippen LogP contribution in [0.4, 0.5) is 17.3 Å². The Morgan fingerprint density at radius 3 is 2.75 bits per heavy atom. The Labute approximate surface area is 116 Å². The molecule has 2 heterocycles. The molecule has 0 saturated carbocycles. The van der Waals surface area contributed by atoms with Gasteiger partial charge in [-0.2, -0.15) is 5.10 Å². The predicted octanol–water partition coefficient (Wildman–Crippen LogP) is 2.98. The molecule has 7 nitrogen and oxygen atoms in total. The smallest absolute Gasteiger partial charge is 0.287 e. The van der Waals surface area contributed by atoms with Crippen LogP contribution in [0.3, 0.4) is 0 Å². The number of hydrogen-bond acceptors (Lipinski definition) is 5. The highest BCUT2D eigenvalue weighted by molar-refractivity contribution is 5.52. The zero-order valence-corrected chi connectivity index (χ0v) is 11.5. The molecule has 106 valence electrons. The van der Waals surface area contributed by atoms with E-state index < -0.39 is 4.92 Å². The summed E-state index contributed by atoms with van der Waals surface area (Å²) in [6.45, 7) is 5.21. The molecule has 7 heteroatoms. The third-order valence-corrected chi connectivity index (χ3v) is 2.79. The Morgan fingerprint density at radius 1 is 1.35 bits per heavy atom. The molecular weight excluding hydrogens is 258 g/mol. The number of aromatic nitrogens is 3. The van der Waals surface area contributed by atoms with Gasteiger partial charge in [0.2, 0.25) is 0 Å². The van der Waals surface area contributed by atoms with Crippen LogP contribution in [0.5, 0.6) is 0 Å². The fourth-order valence-electron chi connectivity index (χ4n) is 1.64. The molecule has 0 radical (unpaired) electrons. The Bertz CT molecular complexity index is 577. The first-order valence-electron chi connectivity index (χ1n) is 6.45. The quantitative estimate of drug-likeness (QED) is 0.647. The van der Waals surface area contributed by atoms with Crippen LogP contribution < -0.4 is 5.32 Å². The van der Waals surface area contributed by atoms with Gasteiger partial charge in [0.25, 0.3) is 5.69 Å². The van der Waals surface area contributed by atoms with Gasteiger partial charge in [-0.3, -0.25) is 14.8 Å². The molecule has 0 saturated heterocycles.